The second kappa shape index (κ2) is 12.1. The fourth-order valence-corrected chi connectivity index (χ4v) is 17.4. The lowest BCUT2D eigenvalue weighted by molar-refractivity contribution is -0.0544. The maximum Gasteiger partial charge on any atom is 0.418 e. The highest BCUT2D eigenvalue weighted by Gasteiger charge is 2.60. The summed E-state index contributed by atoms with van der Waals surface area (Å²) < 4.78 is 35.2. The highest BCUT2D eigenvalue weighted by Crippen LogP contribution is 2.48. The molecular formula is C29H43N5O6Si2. The second-order valence-electron chi connectivity index (χ2n) is 12.4. The molecule has 228 valence electrons. The van der Waals surface area contributed by atoms with E-state index in [1.165, 1.54) is 6.33 Å². The third-order valence-electron chi connectivity index (χ3n) is 8.37. The number of hydrogen-bond donors (Lipinski definition) is 1. The van der Waals surface area contributed by atoms with Gasteiger partial charge in [-0.25, -0.2) is 19.7 Å². The van der Waals surface area contributed by atoms with E-state index in [0.29, 0.717) is 29.9 Å². The zero-order valence-corrected chi connectivity index (χ0v) is 27.7. The maximum atomic E-state index is 12.6. The average Bonchev–Trinajstić information content (AvgIpc) is 3.53. The maximum absolute atomic E-state index is 12.6. The molecule has 0 saturated carbocycles. The van der Waals surface area contributed by atoms with Crippen molar-refractivity contribution >= 4 is 40.2 Å². The number of carbonyl (C=O) groups excluding carboxylic acids is 1. The SMILES string of the molecule is CC(C)[Si]1(C(C)C)OC[C@H]2O[C@@H](n3cnc4c(NC(=O)Oc5ccccc5)ncnc43)C[C@@H]2O[Si](C(C)C)(C(C)C)O1. The highest BCUT2D eigenvalue weighted by molar-refractivity contribution is 6.84. The van der Waals surface area contributed by atoms with Crippen LogP contribution in [-0.4, -0.2) is 61.5 Å². The monoisotopic (exact) mass is 613 g/mol. The summed E-state index contributed by atoms with van der Waals surface area (Å²) in [6, 6.07) is 8.83. The van der Waals surface area contributed by atoms with Crippen molar-refractivity contribution in [2.75, 3.05) is 11.9 Å². The topological polar surface area (TPSA) is 119 Å². The molecule has 2 aliphatic heterocycles. The summed E-state index contributed by atoms with van der Waals surface area (Å²) in [6.07, 6.45) is 2.16. The molecule has 13 heteroatoms. The zero-order chi connectivity index (χ0) is 30.2. The molecule has 1 N–H and O–H groups in total. The number of amides is 1. The van der Waals surface area contributed by atoms with Gasteiger partial charge in [0.2, 0.25) is 0 Å². The average molecular weight is 614 g/mol. The van der Waals surface area contributed by atoms with Crippen LogP contribution in [0.1, 0.15) is 68.0 Å². The van der Waals surface area contributed by atoms with Crippen molar-refractivity contribution in [3.63, 3.8) is 0 Å². The van der Waals surface area contributed by atoms with Gasteiger partial charge >= 0.3 is 23.2 Å². The first-order chi connectivity index (χ1) is 20.0. The molecule has 1 amide bonds. The van der Waals surface area contributed by atoms with Gasteiger partial charge in [0.1, 0.15) is 24.4 Å². The van der Waals surface area contributed by atoms with E-state index in [4.69, 9.17) is 22.4 Å². The van der Waals surface area contributed by atoms with E-state index in [-0.39, 0.29) is 46.4 Å². The fraction of sp³-hybridized carbons (Fsp3) is 0.586. The Hall–Kier alpha value is -2.69. The van der Waals surface area contributed by atoms with Crippen molar-refractivity contribution in [1.29, 1.82) is 0 Å². The number of aromatic nitrogens is 4. The van der Waals surface area contributed by atoms with Gasteiger partial charge in [-0.05, 0) is 34.3 Å². The van der Waals surface area contributed by atoms with Crippen LogP contribution in [0.25, 0.3) is 11.2 Å². The molecule has 0 radical (unpaired) electrons. The van der Waals surface area contributed by atoms with Gasteiger partial charge in [0.05, 0.1) is 19.0 Å². The van der Waals surface area contributed by atoms with Crippen LogP contribution in [0.3, 0.4) is 0 Å². The van der Waals surface area contributed by atoms with Crippen molar-refractivity contribution in [3.05, 3.63) is 43.0 Å². The lowest BCUT2D eigenvalue weighted by atomic mass is 10.2. The van der Waals surface area contributed by atoms with Gasteiger partial charge in [0, 0.05) is 6.42 Å². The molecule has 11 nitrogen and oxygen atoms in total. The summed E-state index contributed by atoms with van der Waals surface area (Å²) in [5, 5.41) is 2.69. The van der Waals surface area contributed by atoms with Gasteiger partial charge in [-0.3, -0.25) is 9.88 Å². The number of anilines is 1. The quantitative estimate of drug-likeness (QED) is 0.291. The molecular weight excluding hydrogens is 571 g/mol. The Kier molecular flexibility index (Phi) is 8.88. The van der Waals surface area contributed by atoms with Crippen LogP contribution in [0.2, 0.25) is 22.2 Å². The van der Waals surface area contributed by atoms with E-state index in [1.54, 1.807) is 30.6 Å². The molecule has 3 aromatic rings. The number of nitrogens with one attached hydrogen (secondary N) is 1. The minimum absolute atomic E-state index is 0.199. The van der Waals surface area contributed by atoms with Crippen molar-refractivity contribution in [2.45, 2.75) is 102 Å². The Labute approximate surface area is 249 Å². The summed E-state index contributed by atoms with van der Waals surface area (Å²) in [5.41, 5.74) is 1.96. The summed E-state index contributed by atoms with van der Waals surface area (Å²) >= 11 is 0. The predicted octanol–water partition coefficient (Wildman–Crippen LogP) is 6.68. The first kappa shape index (κ1) is 30.8. The second-order valence-corrected chi connectivity index (χ2v) is 21.2. The van der Waals surface area contributed by atoms with Crippen LogP contribution >= 0.6 is 0 Å². The van der Waals surface area contributed by atoms with Crippen LogP contribution in [0.5, 0.6) is 5.75 Å². The van der Waals surface area contributed by atoms with Gasteiger partial charge in [-0.2, -0.15) is 0 Å². The van der Waals surface area contributed by atoms with Crippen molar-refractivity contribution in [1.82, 2.24) is 19.5 Å². The zero-order valence-electron chi connectivity index (χ0n) is 25.7. The number of benzene rings is 1. The van der Waals surface area contributed by atoms with E-state index in [0.717, 1.165) is 0 Å². The molecule has 42 heavy (non-hydrogen) atoms. The number of fused-ring (bicyclic) bond motifs is 2. The molecule has 1 aromatic carbocycles. The molecule has 4 heterocycles. The Bertz CT molecular complexity index is 1370. The number of rotatable bonds is 7. The molecule has 2 fully saturated rings. The van der Waals surface area contributed by atoms with Crippen molar-refractivity contribution in [3.8, 4) is 5.75 Å². The minimum Gasteiger partial charge on any atom is -0.414 e. The first-order valence-electron chi connectivity index (χ1n) is 14.9. The van der Waals surface area contributed by atoms with Crippen LogP contribution in [0.15, 0.2) is 43.0 Å². The Morgan fingerprint density at radius 3 is 2.24 bits per heavy atom. The molecule has 2 aliphatic rings. The van der Waals surface area contributed by atoms with Crippen LogP contribution in [0, 0.1) is 0 Å². The van der Waals surface area contributed by atoms with Crippen molar-refractivity contribution in [2.24, 2.45) is 0 Å². The Morgan fingerprint density at radius 2 is 1.60 bits per heavy atom. The predicted molar refractivity (Wildman–Crippen MR) is 164 cm³/mol. The van der Waals surface area contributed by atoms with E-state index < -0.39 is 23.2 Å². The molecule has 0 bridgehead atoms. The van der Waals surface area contributed by atoms with E-state index in [1.807, 2.05) is 10.6 Å². The highest BCUT2D eigenvalue weighted by atomic mass is 28.5. The van der Waals surface area contributed by atoms with E-state index in [2.05, 4.69) is 75.7 Å². The molecule has 2 saturated heterocycles. The van der Waals surface area contributed by atoms with E-state index in [9.17, 15) is 4.79 Å². The third-order valence-corrected chi connectivity index (χ3v) is 18.6. The van der Waals surface area contributed by atoms with Crippen molar-refractivity contribution < 1.29 is 27.2 Å². The lowest BCUT2D eigenvalue weighted by Crippen LogP contribution is -2.65. The van der Waals surface area contributed by atoms with Crippen LogP contribution < -0.4 is 10.1 Å². The number of para-hydroxylation sites is 1. The van der Waals surface area contributed by atoms with Gasteiger partial charge < -0.3 is 22.4 Å². The number of ether oxygens (including phenoxy) is 2. The molecule has 0 aliphatic carbocycles. The smallest absolute Gasteiger partial charge is 0.414 e. The molecule has 0 unspecified atom stereocenters. The lowest BCUT2D eigenvalue weighted by Gasteiger charge is -2.51. The third kappa shape index (κ3) is 5.65. The molecule has 5 rings (SSSR count). The summed E-state index contributed by atoms with van der Waals surface area (Å²) in [4.78, 5) is 25.8. The van der Waals surface area contributed by atoms with Gasteiger partial charge in [-0.15, -0.1) is 0 Å². The minimum atomic E-state index is -2.75. The fourth-order valence-electron chi connectivity index (χ4n) is 6.18. The largest absolute Gasteiger partial charge is 0.418 e. The number of carbonyl (C=O) groups is 1. The van der Waals surface area contributed by atoms with E-state index >= 15 is 0 Å². The Balaban J connectivity index is 1.42. The summed E-state index contributed by atoms with van der Waals surface area (Å²) in [7, 11) is -5.41. The number of hydrogen-bond acceptors (Lipinski definition) is 9. The van der Waals surface area contributed by atoms with Gasteiger partial charge in [0.15, 0.2) is 17.0 Å². The molecule has 2 aromatic heterocycles. The molecule has 0 spiro atoms. The summed E-state index contributed by atoms with van der Waals surface area (Å²) in [5.74, 6) is 0.683. The summed E-state index contributed by atoms with van der Waals surface area (Å²) in [6.45, 7) is 18.1. The first-order valence-corrected chi connectivity index (χ1v) is 18.8. The molecule has 3 atom stereocenters. The van der Waals surface area contributed by atoms with Crippen LogP contribution in [0.4, 0.5) is 10.6 Å². The van der Waals surface area contributed by atoms with Gasteiger partial charge in [0.25, 0.3) is 0 Å². The standard InChI is InChI=1S/C29H43N5O6Si2/c1-18(2)41(19(3)4)36-15-24-23(39-42(40-41,20(5)6)21(7)8)14-25(38-24)34-17-32-26-27(30-16-31-28(26)34)33-29(35)37-22-12-10-9-11-13-22/h9-13,16-21,23-25H,14-15H2,1-8H3,(H,30,31,33,35)/t23-,24+,25+/m0/s1. The van der Waals surface area contributed by atoms with Gasteiger partial charge in [-0.1, -0.05) is 73.6 Å². The normalized spacial score (nSPS) is 23.8. The Morgan fingerprint density at radius 1 is 0.929 bits per heavy atom. The number of nitrogens with zero attached hydrogens (tertiary/aromatic N) is 4. The number of imidazole rings is 1. The van der Waals surface area contributed by atoms with Crippen LogP contribution in [-0.2, 0) is 17.7 Å².